The van der Waals surface area contributed by atoms with E-state index < -0.39 is 0 Å². The number of aryl methyl sites for hydroxylation is 2. The average Bonchev–Trinajstić information content (AvgIpc) is 3.10. The lowest BCUT2D eigenvalue weighted by molar-refractivity contribution is 0.0998. The highest BCUT2D eigenvalue weighted by molar-refractivity contribution is 7.15. The third kappa shape index (κ3) is 3.25. The topological polar surface area (TPSA) is 77.3 Å². The Bertz CT molecular complexity index is 853. The Kier molecular flexibility index (Phi) is 4.40. The van der Waals surface area contributed by atoms with Crippen LogP contribution in [-0.2, 0) is 11.2 Å². The van der Waals surface area contributed by atoms with Gasteiger partial charge in [-0.25, -0.2) is 0 Å². The Morgan fingerprint density at radius 1 is 1.35 bits per heavy atom. The normalized spacial score (nSPS) is 11.1. The molecule has 2 aromatic heterocycles. The molecular weight excluding hydrogens is 314 g/mol. The summed E-state index contributed by atoms with van der Waals surface area (Å²) in [5.41, 5.74) is 2.65. The molecule has 7 heteroatoms. The molecule has 0 fully saturated rings. The minimum atomic E-state index is -0.314. The second-order valence-corrected chi connectivity index (χ2v) is 6.32. The molecule has 1 aromatic carbocycles. The maximum atomic E-state index is 12.4. The summed E-state index contributed by atoms with van der Waals surface area (Å²) >= 11 is 1.34. The average molecular weight is 331 g/mol. The van der Waals surface area contributed by atoms with Crippen molar-refractivity contribution in [3.05, 3.63) is 40.1 Å². The van der Waals surface area contributed by atoms with Gasteiger partial charge in [0.15, 0.2) is 5.76 Å². The standard InChI is InChI=1S/C16H17N3O3S/c1-9-4-5-12-11(8-9)10(2)14(22-12)15(20)17-16-19-18-13(23-16)6-7-21-3/h4-5,8H,6-7H2,1-3H3,(H,17,19,20). The van der Waals surface area contributed by atoms with Crippen molar-refractivity contribution in [3.8, 4) is 0 Å². The number of nitrogens with zero attached hydrogens (tertiary/aromatic N) is 2. The molecule has 0 radical (unpaired) electrons. The molecule has 0 aliphatic heterocycles. The predicted octanol–water partition coefficient (Wildman–Crippen LogP) is 3.34. The Hall–Kier alpha value is -2.25. The Balaban J connectivity index is 1.80. The number of aromatic nitrogens is 2. The molecular formula is C16H17N3O3S. The third-order valence-electron chi connectivity index (χ3n) is 3.51. The lowest BCUT2D eigenvalue weighted by Crippen LogP contribution is -2.11. The zero-order chi connectivity index (χ0) is 16.4. The minimum Gasteiger partial charge on any atom is -0.451 e. The number of hydrogen-bond donors (Lipinski definition) is 1. The second kappa shape index (κ2) is 6.47. The molecule has 6 nitrogen and oxygen atoms in total. The first kappa shape index (κ1) is 15.6. The maximum Gasteiger partial charge on any atom is 0.293 e. The zero-order valence-electron chi connectivity index (χ0n) is 13.2. The fraction of sp³-hybridized carbons (Fsp3) is 0.312. The number of nitrogens with one attached hydrogen (secondary N) is 1. The first-order chi connectivity index (χ1) is 11.1. The van der Waals surface area contributed by atoms with Crippen LogP contribution in [0.15, 0.2) is 22.6 Å². The van der Waals surface area contributed by atoms with Crippen LogP contribution < -0.4 is 5.32 Å². The Labute approximate surface area is 137 Å². The van der Waals surface area contributed by atoms with Crippen LogP contribution in [-0.4, -0.2) is 29.8 Å². The highest BCUT2D eigenvalue weighted by Crippen LogP contribution is 2.27. The van der Waals surface area contributed by atoms with Crippen molar-refractivity contribution in [1.82, 2.24) is 10.2 Å². The second-order valence-electron chi connectivity index (χ2n) is 5.25. The van der Waals surface area contributed by atoms with Gasteiger partial charge in [-0.15, -0.1) is 10.2 Å². The SMILES string of the molecule is COCCc1nnc(NC(=O)c2oc3ccc(C)cc3c2C)s1. The lowest BCUT2D eigenvalue weighted by atomic mass is 10.1. The first-order valence-corrected chi connectivity index (χ1v) is 8.02. The van der Waals surface area contributed by atoms with E-state index in [0.29, 0.717) is 29.5 Å². The number of carbonyl (C=O) groups excluding carboxylic acids is 1. The van der Waals surface area contributed by atoms with E-state index >= 15 is 0 Å². The summed E-state index contributed by atoms with van der Waals surface area (Å²) in [6, 6.07) is 5.85. The predicted molar refractivity (Wildman–Crippen MR) is 89.1 cm³/mol. The van der Waals surface area contributed by atoms with E-state index in [1.807, 2.05) is 32.0 Å². The highest BCUT2D eigenvalue weighted by Gasteiger charge is 2.19. The smallest absolute Gasteiger partial charge is 0.293 e. The summed E-state index contributed by atoms with van der Waals surface area (Å²) in [6.45, 7) is 4.46. The number of hydrogen-bond acceptors (Lipinski definition) is 6. The zero-order valence-corrected chi connectivity index (χ0v) is 14.0. The van der Waals surface area contributed by atoms with Gasteiger partial charge in [-0.1, -0.05) is 23.0 Å². The Morgan fingerprint density at radius 3 is 2.96 bits per heavy atom. The van der Waals surface area contributed by atoms with Crippen LogP contribution in [0.25, 0.3) is 11.0 Å². The molecule has 0 atom stereocenters. The number of amides is 1. The number of carbonyl (C=O) groups is 1. The number of ether oxygens (including phenoxy) is 1. The quantitative estimate of drug-likeness (QED) is 0.776. The first-order valence-electron chi connectivity index (χ1n) is 7.21. The van der Waals surface area contributed by atoms with E-state index in [1.54, 1.807) is 7.11 Å². The van der Waals surface area contributed by atoms with E-state index in [1.165, 1.54) is 11.3 Å². The molecule has 0 unspecified atom stereocenters. The van der Waals surface area contributed by atoms with Crippen molar-refractivity contribution in [3.63, 3.8) is 0 Å². The fourth-order valence-electron chi connectivity index (χ4n) is 2.30. The molecule has 3 rings (SSSR count). The number of benzene rings is 1. The van der Waals surface area contributed by atoms with Crippen molar-refractivity contribution < 1.29 is 13.9 Å². The minimum absolute atomic E-state index is 0.305. The molecule has 2 heterocycles. The van der Waals surface area contributed by atoms with Gasteiger partial charge < -0.3 is 9.15 Å². The van der Waals surface area contributed by atoms with Crippen LogP contribution in [0, 0.1) is 13.8 Å². The van der Waals surface area contributed by atoms with Gasteiger partial charge in [0.25, 0.3) is 5.91 Å². The van der Waals surface area contributed by atoms with E-state index in [2.05, 4.69) is 15.5 Å². The summed E-state index contributed by atoms with van der Waals surface area (Å²) in [5, 5.41) is 13.0. The molecule has 0 saturated carbocycles. The van der Waals surface area contributed by atoms with Crippen LogP contribution >= 0.6 is 11.3 Å². The van der Waals surface area contributed by atoms with Crippen LogP contribution in [0.1, 0.15) is 26.7 Å². The van der Waals surface area contributed by atoms with Crippen molar-refractivity contribution in [2.24, 2.45) is 0 Å². The number of methoxy groups -OCH3 is 1. The molecule has 1 amide bonds. The van der Waals surface area contributed by atoms with Crippen LogP contribution in [0.2, 0.25) is 0 Å². The molecule has 0 spiro atoms. The monoisotopic (exact) mass is 331 g/mol. The number of fused-ring (bicyclic) bond motifs is 1. The number of anilines is 1. The lowest BCUT2D eigenvalue weighted by Gasteiger charge is -1.98. The van der Waals surface area contributed by atoms with Gasteiger partial charge in [-0.2, -0.15) is 0 Å². The van der Waals surface area contributed by atoms with Crippen molar-refractivity contribution in [2.75, 3.05) is 19.0 Å². The van der Waals surface area contributed by atoms with Gasteiger partial charge >= 0.3 is 0 Å². The Morgan fingerprint density at radius 2 is 2.17 bits per heavy atom. The number of furan rings is 1. The van der Waals surface area contributed by atoms with Crippen molar-refractivity contribution >= 4 is 33.3 Å². The van der Waals surface area contributed by atoms with E-state index in [9.17, 15) is 4.79 Å². The summed E-state index contributed by atoms with van der Waals surface area (Å²) in [7, 11) is 1.63. The van der Waals surface area contributed by atoms with Gasteiger partial charge in [0.2, 0.25) is 5.13 Å². The fourth-order valence-corrected chi connectivity index (χ4v) is 3.02. The molecule has 120 valence electrons. The molecule has 1 N–H and O–H groups in total. The summed E-state index contributed by atoms with van der Waals surface area (Å²) in [6.07, 6.45) is 0.674. The third-order valence-corrected chi connectivity index (χ3v) is 4.40. The van der Waals surface area contributed by atoms with Crippen LogP contribution in [0.3, 0.4) is 0 Å². The van der Waals surface area contributed by atoms with Crippen molar-refractivity contribution in [2.45, 2.75) is 20.3 Å². The van der Waals surface area contributed by atoms with Gasteiger partial charge in [-0.05, 0) is 26.0 Å². The van der Waals surface area contributed by atoms with Gasteiger partial charge in [0.05, 0.1) is 6.61 Å². The van der Waals surface area contributed by atoms with E-state index in [4.69, 9.17) is 9.15 Å². The molecule has 0 aliphatic rings. The largest absolute Gasteiger partial charge is 0.451 e. The van der Waals surface area contributed by atoms with Gasteiger partial charge in [0, 0.05) is 24.5 Å². The van der Waals surface area contributed by atoms with Gasteiger partial charge in [0.1, 0.15) is 10.6 Å². The number of rotatable bonds is 5. The molecule has 0 bridgehead atoms. The van der Waals surface area contributed by atoms with E-state index in [0.717, 1.165) is 21.5 Å². The van der Waals surface area contributed by atoms with Crippen molar-refractivity contribution in [1.29, 1.82) is 0 Å². The molecule has 3 aromatic rings. The molecule has 0 saturated heterocycles. The maximum absolute atomic E-state index is 12.4. The van der Waals surface area contributed by atoms with Gasteiger partial charge in [-0.3, -0.25) is 10.1 Å². The summed E-state index contributed by atoms with van der Waals surface area (Å²) < 4.78 is 10.7. The van der Waals surface area contributed by atoms with Crippen LogP contribution in [0.4, 0.5) is 5.13 Å². The summed E-state index contributed by atoms with van der Waals surface area (Å²) in [4.78, 5) is 12.4. The molecule has 0 aliphatic carbocycles. The van der Waals surface area contributed by atoms with E-state index in [-0.39, 0.29) is 5.91 Å². The van der Waals surface area contributed by atoms with Crippen LogP contribution in [0.5, 0.6) is 0 Å². The summed E-state index contributed by atoms with van der Waals surface area (Å²) in [5.74, 6) is -0.00923. The molecule has 23 heavy (non-hydrogen) atoms. The highest BCUT2D eigenvalue weighted by atomic mass is 32.1.